The number of hydrogen-bond acceptors (Lipinski definition) is 1. The lowest BCUT2D eigenvalue weighted by molar-refractivity contribution is 0.198. The van der Waals surface area contributed by atoms with Crippen molar-refractivity contribution < 1.29 is 4.74 Å². The van der Waals surface area contributed by atoms with E-state index < -0.39 is 0 Å². The molecular formula is C7H13BO. The zero-order valence-corrected chi connectivity index (χ0v) is 5.81. The standard InChI is InChI=1S/C4H8O.C3H5B/c1-2-4-5-3-1;1-2-3-4/h1-4H2;2H,1,3H2. The monoisotopic (exact) mass is 124 g/mol. The third-order valence-corrected chi connectivity index (χ3v) is 0.994. The molecule has 0 unspecified atom stereocenters. The number of ether oxygens (including phenoxy) is 1. The highest BCUT2D eigenvalue weighted by atomic mass is 16.5. The highest BCUT2D eigenvalue weighted by Crippen LogP contribution is 1.98. The van der Waals surface area contributed by atoms with Gasteiger partial charge in [0.15, 0.2) is 0 Å². The molecule has 1 heterocycles. The van der Waals surface area contributed by atoms with E-state index in [2.05, 4.69) is 6.58 Å². The molecule has 0 aromatic rings. The Bertz CT molecular complexity index is 52.3. The summed E-state index contributed by atoms with van der Waals surface area (Å²) in [6, 6.07) is 0. The molecule has 0 amide bonds. The van der Waals surface area contributed by atoms with Gasteiger partial charge < -0.3 is 4.74 Å². The van der Waals surface area contributed by atoms with E-state index in [9.17, 15) is 0 Å². The summed E-state index contributed by atoms with van der Waals surface area (Å²) < 4.78 is 4.94. The maximum Gasteiger partial charge on any atom is 0.0708 e. The summed E-state index contributed by atoms with van der Waals surface area (Å²) in [5.74, 6) is 0. The first kappa shape index (κ1) is 8.76. The maximum absolute atomic E-state index is 4.94. The lowest BCUT2D eigenvalue weighted by Gasteiger charge is -1.76. The van der Waals surface area contributed by atoms with Crippen LogP contribution >= 0.6 is 0 Å². The summed E-state index contributed by atoms with van der Waals surface area (Å²) >= 11 is 0. The van der Waals surface area contributed by atoms with Crippen molar-refractivity contribution in [3.8, 4) is 0 Å². The number of allylic oxidation sites excluding steroid dienone is 1. The van der Waals surface area contributed by atoms with Crippen LogP contribution in [0.4, 0.5) is 0 Å². The Hall–Kier alpha value is -0.235. The summed E-state index contributed by atoms with van der Waals surface area (Å²) in [5, 5.41) is 0. The fourth-order valence-electron chi connectivity index (χ4n) is 0.510. The zero-order valence-electron chi connectivity index (χ0n) is 5.81. The highest BCUT2D eigenvalue weighted by molar-refractivity contribution is 6.09. The molecule has 9 heavy (non-hydrogen) atoms. The van der Waals surface area contributed by atoms with Crippen LogP contribution in [0.25, 0.3) is 0 Å². The molecule has 50 valence electrons. The first-order valence-corrected chi connectivity index (χ1v) is 3.30. The van der Waals surface area contributed by atoms with Gasteiger partial charge in [0.2, 0.25) is 0 Å². The van der Waals surface area contributed by atoms with E-state index in [0.29, 0.717) is 6.32 Å². The Balaban J connectivity index is 0.000000148. The van der Waals surface area contributed by atoms with Gasteiger partial charge >= 0.3 is 0 Å². The molecule has 0 saturated carbocycles. The van der Waals surface area contributed by atoms with Crippen molar-refractivity contribution in [2.45, 2.75) is 19.2 Å². The largest absolute Gasteiger partial charge is 0.381 e. The Morgan fingerprint density at radius 3 is 2.00 bits per heavy atom. The molecule has 0 aliphatic carbocycles. The van der Waals surface area contributed by atoms with Crippen molar-refractivity contribution >= 4 is 7.85 Å². The van der Waals surface area contributed by atoms with Gasteiger partial charge in [-0.25, -0.2) is 0 Å². The van der Waals surface area contributed by atoms with Gasteiger partial charge in [0.1, 0.15) is 0 Å². The first-order valence-electron chi connectivity index (χ1n) is 3.30. The first-order chi connectivity index (χ1) is 4.41. The molecule has 0 aromatic carbocycles. The molecule has 0 bridgehead atoms. The van der Waals surface area contributed by atoms with Crippen molar-refractivity contribution in [3.63, 3.8) is 0 Å². The van der Waals surface area contributed by atoms with Crippen molar-refractivity contribution in [3.05, 3.63) is 12.7 Å². The summed E-state index contributed by atoms with van der Waals surface area (Å²) in [4.78, 5) is 0. The van der Waals surface area contributed by atoms with Gasteiger partial charge in [-0.05, 0) is 12.8 Å². The lowest BCUT2D eigenvalue weighted by Crippen LogP contribution is -1.74. The van der Waals surface area contributed by atoms with Crippen LogP contribution in [0.3, 0.4) is 0 Å². The molecule has 1 fully saturated rings. The minimum Gasteiger partial charge on any atom is -0.381 e. The second kappa shape index (κ2) is 7.76. The van der Waals surface area contributed by atoms with Crippen LogP contribution in [-0.4, -0.2) is 21.1 Å². The van der Waals surface area contributed by atoms with Gasteiger partial charge in [-0.1, -0.05) is 6.32 Å². The molecule has 2 heteroatoms. The third-order valence-electron chi connectivity index (χ3n) is 0.994. The minimum atomic E-state index is 0.583. The molecule has 0 N–H and O–H groups in total. The van der Waals surface area contributed by atoms with Gasteiger partial charge in [-0.2, -0.15) is 0 Å². The number of rotatable bonds is 1. The van der Waals surface area contributed by atoms with Gasteiger partial charge in [0.25, 0.3) is 0 Å². The van der Waals surface area contributed by atoms with Crippen LogP contribution in [0.15, 0.2) is 12.7 Å². The van der Waals surface area contributed by atoms with Crippen LogP contribution in [0.5, 0.6) is 0 Å². The Morgan fingerprint density at radius 1 is 1.44 bits per heavy atom. The van der Waals surface area contributed by atoms with Crippen LogP contribution in [0.1, 0.15) is 12.8 Å². The van der Waals surface area contributed by atoms with E-state index >= 15 is 0 Å². The van der Waals surface area contributed by atoms with E-state index in [4.69, 9.17) is 12.6 Å². The third kappa shape index (κ3) is 7.76. The van der Waals surface area contributed by atoms with Crippen LogP contribution < -0.4 is 0 Å². The summed E-state index contributed by atoms with van der Waals surface area (Å²) in [5.41, 5.74) is 0. The topological polar surface area (TPSA) is 9.23 Å². The Kier molecular flexibility index (Phi) is 7.56. The lowest BCUT2D eigenvalue weighted by atomic mass is 10.1. The van der Waals surface area contributed by atoms with E-state index in [1.165, 1.54) is 12.8 Å². The smallest absolute Gasteiger partial charge is 0.0708 e. The molecule has 0 spiro atoms. The summed E-state index contributed by atoms with van der Waals surface area (Å²) in [6.45, 7) is 5.35. The summed E-state index contributed by atoms with van der Waals surface area (Å²) in [7, 11) is 4.91. The molecular weight excluding hydrogens is 111 g/mol. The van der Waals surface area contributed by atoms with Crippen LogP contribution in [-0.2, 0) is 4.74 Å². The molecule has 1 rings (SSSR count). The predicted molar refractivity (Wildman–Crippen MR) is 40.8 cm³/mol. The van der Waals surface area contributed by atoms with Crippen molar-refractivity contribution in [1.29, 1.82) is 0 Å². The molecule has 1 saturated heterocycles. The van der Waals surface area contributed by atoms with Crippen molar-refractivity contribution in [2.75, 3.05) is 13.2 Å². The minimum absolute atomic E-state index is 0.583. The van der Waals surface area contributed by atoms with Crippen molar-refractivity contribution in [1.82, 2.24) is 0 Å². The van der Waals surface area contributed by atoms with Crippen molar-refractivity contribution in [2.24, 2.45) is 0 Å². The molecule has 1 nitrogen and oxygen atoms in total. The maximum atomic E-state index is 4.94. The van der Waals surface area contributed by atoms with Gasteiger partial charge in [-0.3, -0.25) is 0 Å². The Morgan fingerprint density at radius 2 is 1.89 bits per heavy atom. The fraction of sp³-hybridized carbons (Fsp3) is 0.714. The zero-order chi connectivity index (χ0) is 6.95. The van der Waals surface area contributed by atoms with Gasteiger partial charge in [-0.15, -0.1) is 12.7 Å². The van der Waals surface area contributed by atoms with E-state index in [1.54, 1.807) is 6.08 Å². The molecule has 2 radical (unpaired) electrons. The predicted octanol–water partition coefficient (Wildman–Crippen LogP) is 1.56. The highest BCUT2D eigenvalue weighted by Gasteiger charge is 1.94. The van der Waals surface area contributed by atoms with E-state index in [-0.39, 0.29) is 0 Å². The fourth-order valence-corrected chi connectivity index (χ4v) is 0.510. The van der Waals surface area contributed by atoms with Crippen LogP contribution in [0, 0.1) is 0 Å². The number of hydrogen-bond donors (Lipinski definition) is 0. The summed E-state index contributed by atoms with van der Waals surface area (Å²) in [6.07, 6.45) is 4.79. The van der Waals surface area contributed by atoms with E-state index in [1.807, 2.05) is 0 Å². The quantitative estimate of drug-likeness (QED) is 0.380. The average Bonchev–Trinajstić information content (AvgIpc) is 2.43. The Labute approximate surface area is 58.5 Å². The second-order valence-corrected chi connectivity index (χ2v) is 1.84. The van der Waals surface area contributed by atoms with Gasteiger partial charge in [0, 0.05) is 13.2 Å². The molecule has 1 aliphatic heterocycles. The second-order valence-electron chi connectivity index (χ2n) is 1.84. The molecule has 1 aliphatic rings. The molecule has 0 aromatic heterocycles. The van der Waals surface area contributed by atoms with Crippen LogP contribution in [0.2, 0.25) is 6.32 Å². The van der Waals surface area contributed by atoms with E-state index in [0.717, 1.165) is 13.2 Å². The average molecular weight is 124 g/mol. The molecule has 0 atom stereocenters. The SMILES string of the molecule is C1CCOC1.[B]CC=C. The normalized spacial score (nSPS) is 16.0. The van der Waals surface area contributed by atoms with Gasteiger partial charge in [0.05, 0.1) is 7.85 Å².